The molecular formula is C35H40FN7O2. The number of carbonyl (C=O) groups excluding carboxylic acids is 2. The summed E-state index contributed by atoms with van der Waals surface area (Å²) < 4.78 is 20.7. The molecule has 2 aliphatic heterocycles. The molecule has 0 unspecified atom stereocenters. The molecule has 3 aromatic heterocycles. The van der Waals surface area contributed by atoms with Crippen molar-refractivity contribution in [2.45, 2.75) is 89.5 Å². The second-order valence-corrected chi connectivity index (χ2v) is 13.5. The molecule has 3 N–H and O–H groups in total. The molecule has 10 heteroatoms. The lowest BCUT2D eigenvalue weighted by Gasteiger charge is -2.37. The third kappa shape index (κ3) is 4.85. The Morgan fingerprint density at radius 2 is 1.91 bits per heavy atom. The maximum atomic E-state index is 16.4. The van der Waals surface area contributed by atoms with Crippen molar-refractivity contribution in [1.82, 2.24) is 29.3 Å². The highest BCUT2D eigenvalue weighted by atomic mass is 19.1. The molecule has 4 aliphatic rings. The van der Waals surface area contributed by atoms with Crippen LogP contribution in [-0.2, 0) is 11.3 Å². The van der Waals surface area contributed by atoms with E-state index >= 15 is 4.39 Å². The van der Waals surface area contributed by atoms with Gasteiger partial charge in [-0.15, -0.1) is 0 Å². The Morgan fingerprint density at radius 3 is 2.73 bits per heavy atom. The zero-order chi connectivity index (χ0) is 31.0. The van der Waals surface area contributed by atoms with E-state index in [0.29, 0.717) is 30.3 Å². The molecule has 234 valence electrons. The summed E-state index contributed by atoms with van der Waals surface area (Å²) in [6.45, 7) is 5.18. The van der Waals surface area contributed by atoms with Crippen LogP contribution in [0, 0.1) is 17.7 Å². The highest BCUT2D eigenvalue weighted by Gasteiger charge is 2.42. The molecule has 5 heterocycles. The minimum atomic E-state index is -0.576. The van der Waals surface area contributed by atoms with Crippen molar-refractivity contribution in [3.05, 3.63) is 59.6 Å². The summed E-state index contributed by atoms with van der Waals surface area (Å²) in [5.41, 5.74) is 9.73. The molecule has 0 spiro atoms. The van der Waals surface area contributed by atoms with E-state index in [4.69, 9.17) is 15.7 Å². The van der Waals surface area contributed by atoms with E-state index in [1.807, 2.05) is 32.0 Å². The van der Waals surface area contributed by atoms with Crippen molar-refractivity contribution in [2.24, 2.45) is 17.6 Å². The van der Waals surface area contributed by atoms with Gasteiger partial charge in [0.15, 0.2) is 11.6 Å². The van der Waals surface area contributed by atoms with Crippen LogP contribution in [0.1, 0.15) is 86.9 Å². The summed E-state index contributed by atoms with van der Waals surface area (Å²) in [6.07, 6.45) is 10.7. The second-order valence-electron chi connectivity index (χ2n) is 13.5. The molecule has 8 rings (SSSR count). The predicted octanol–water partition coefficient (Wildman–Crippen LogP) is 5.64. The van der Waals surface area contributed by atoms with Crippen molar-refractivity contribution in [1.29, 1.82) is 0 Å². The molecule has 1 aromatic carbocycles. The third-order valence-electron chi connectivity index (χ3n) is 10.4. The summed E-state index contributed by atoms with van der Waals surface area (Å²) in [7, 11) is 0. The van der Waals surface area contributed by atoms with Crippen LogP contribution in [0.15, 0.2) is 42.5 Å². The van der Waals surface area contributed by atoms with Crippen LogP contribution < -0.4 is 11.1 Å². The van der Waals surface area contributed by atoms with Crippen LogP contribution in [0.25, 0.3) is 33.6 Å². The molecule has 2 aliphatic carbocycles. The molecule has 45 heavy (non-hydrogen) atoms. The van der Waals surface area contributed by atoms with Gasteiger partial charge in [0.1, 0.15) is 11.2 Å². The molecule has 4 aromatic rings. The molecule has 5 atom stereocenters. The summed E-state index contributed by atoms with van der Waals surface area (Å²) in [4.78, 5) is 38.2. The summed E-state index contributed by atoms with van der Waals surface area (Å²) in [6, 6.07) is 9.33. The number of nitrogens with zero attached hydrogens (tertiary/aromatic N) is 5. The van der Waals surface area contributed by atoms with E-state index in [9.17, 15) is 9.59 Å². The Kier molecular flexibility index (Phi) is 6.82. The lowest BCUT2D eigenvalue weighted by atomic mass is 9.97. The topological polar surface area (TPSA) is 111 Å². The van der Waals surface area contributed by atoms with E-state index in [2.05, 4.69) is 32.7 Å². The normalized spacial score (nSPS) is 27.8. The van der Waals surface area contributed by atoms with Gasteiger partial charge in [0.05, 0.1) is 28.5 Å². The largest absolute Gasteiger partial charge is 0.348 e. The molecule has 9 nitrogen and oxygen atoms in total. The summed E-state index contributed by atoms with van der Waals surface area (Å²) >= 11 is 0. The van der Waals surface area contributed by atoms with Crippen molar-refractivity contribution in [3.8, 4) is 11.5 Å². The van der Waals surface area contributed by atoms with Gasteiger partial charge in [-0.05, 0) is 95.0 Å². The number of pyridine rings is 1. The van der Waals surface area contributed by atoms with Crippen molar-refractivity contribution >= 4 is 33.9 Å². The smallest absolute Gasteiger partial charge is 0.257 e. The number of halogens is 1. The minimum Gasteiger partial charge on any atom is -0.348 e. The molecule has 2 bridgehead atoms. The Balaban J connectivity index is 1.24. The number of carbonyl (C=O) groups is 2. The van der Waals surface area contributed by atoms with Gasteiger partial charge < -0.3 is 25.1 Å². The van der Waals surface area contributed by atoms with E-state index in [1.165, 1.54) is 0 Å². The highest BCUT2D eigenvalue weighted by molar-refractivity contribution is 5.99. The van der Waals surface area contributed by atoms with Gasteiger partial charge >= 0.3 is 0 Å². The average Bonchev–Trinajstić information content (AvgIpc) is 3.95. The maximum Gasteiger partial charge on any atom is 0.257 e. The fraction of sp³-hybridized carbons (Fsp3) is 0.486. The number of hydrogen-bond acceptors (Lipinski definition) is 5. The number of nitrogens with one attached hydrogen (secondary N) is 1. The van der Waals surface area contributed by atoms with Crippen LogP contribution in [0.5, 0.6) is 0 Å². The van der Waals surface area contributed by atoms with E-state index in [-0.39, 0.29) is 53.0 Å². The Morgan fingerprint density at radius 1 is 1.07 bits per heavy atom. The highest BCUT2D eigenvalue weighted by Crippen LogP contribution is 2.44. The Labute approximate surface area is 261 Å². The number of imidazole rings is 1. The van der Waals surface area contributed by atoms with Crippen LogP contribution >= 0.6 is 0 Å². The van der Waals surface area contributed by atoms with Crippen LogP contribution in [-0.4, -0.2) is 54.4 Å². The fourth-order valence-corrected chi connectivity index (χ4v) is 7.40. The van der Waals surface area contributed by atoms with Gasteiger partial charge in [-0.25, -0.2) is 14.4 Å². The number of likely N-dealkylation sites (tertiary alicyclic amines) is 1. The summed E-state index contributed by atoms with van der Waals surface area (Å²) in [5, 5.41) is 4.14. The van der Waals surface area contributed by atoms with E-state index in [1.54, 1.807) is 11.0 Å². The quantitative estimate of drug-likeness (QED) is 0.292. The van der Waals surface area contributed by atoms with Gasteiger partial charge in [-0.1, -0.05) is 12.2 Å². The first-order valence-corrected chi connectivity index (χ1v) is 16.5. The lowest BCUT2D eigenvalue weighted by molar-refractivity contribution is -0.123. The molecule has 3 fully saturated rings. The van der Waals surface area contributed by atoms with Crippen molar-refractivity contribution < 1.29 is 14.0 Å². The number of hydrogen-bond donors (Lipinski definition) is 2. The number of piperidine rings is 1. The monoisotopic (exact) mass is 609 g/mol. The number of nitrogens with two attached hydrogens (primary N) is 1. The first-order chi connectivity index (χ1) is 21.8. The van der Waals surface area contributed by atoms with Crippen LogP contribution in [0.4, 0.5) is 4.39 Å². The van der Waals surface area contributed by atoms with Gasteiger partial charge in [-0.2, -0.15) is 0 Å². The van der Waals surface area contributed by atoms with Crippen molar-refractivity contribution in [2.75, 3.05) is 6.54 Å². The first kappa shape index (κ1) is 28.4. The van der Waals surface area contributed by atoms with Gasteiger partial charge in [0.2, 0.25) is 5.91 Å². The fourth-order valence-electron chi connectivity index (χ4n) is 7.40. The number of amides is 2. The van der Waals surface area contributed by atoms with Crippen molar-refractivity contribution in [3.63, 3.8) is 0 Å². The third-order valence-corrected chi connectivity index (χ3v) is 10.4. The van der Waals surface area contributed by atoms with Crippen LogP contribution in [0.3, 0.4) is 0 Å². The predicted molar refractivity (Wildman–Crippen MR) is 171 cm³/mol. The number of rotatable bonds is 3. The maximum absolute atomic E-state index is 16.4. The Bertz CT molecular complexity index is 1870. The first-order valence-electron chi connectivity index (χ1n) is 16.5. The average molecular weight is 610 g/mol. The van der Waals surface area contributed by atoms with E-state index in [0.717, 1.165) is 67.4 Å². The minimum absolute atomic E-state index is 0.0443. The zero-order valence-corrected chi connectivity index (χ0v) is 25.9. The second kappa shape index (κ2) is 10.8. The lowest BCUT2D eigenvalue weighted by Crippen LogP contribution is -2.52. The number of aromatic nitrogens is 4. The van der Waals surface area contributed by atoms with E-state index < -0.39 is 5.82 Å². The number of fused-ring (bicyclic) bond motifs is 3. The molecule has 2 amide bonds. The molecular weight excluding hydrogens is 569 g/mol. The van der Waals surface area contributed by atoms with Gasteiger partial charge in [0, 0.05) is 42.5 Å². The SMILES string of the molecule is C[C@@H]1[C@H](N)CCCN1C(=O)c1ccc2c(nc(-c3cc4ccc5nc4n3CC/C=C/C[C@@H]3C[C@H]3C(=O)N[C@@H]5C)n2C2CC2)c1F. The zero-order valence-electron chi connectivity index (χ0n) is 25.9. The van der Waals surface area contributed by atoms with Gasteiger partial charge in [0.25, 0.3) is 5.91 Å². The molecule has 0 radical (unpaired) electrons. The van der Waals surface area contributed by atoms with Crippen LogP contribution in [0.2, 0.25) is 0 Å². The number of aryl methyl sites for hydroxylation is 1. The summed E-state index contributed by atoms with van der Waals surface area (Å²) in [5.74, 6) is 0.385. The molecule has 1 saturated heterocycles. The standard InChI is InChI=1S/C35H40FN7O2/c1-19-27-13-9-22-18-29(42(32(22)39-27)15-5-3-4-7-21-17-25(21)34(44)38-19)33-40-31-28(43(33)23-10-11-23)14-12-24(30(31)36)35(45)41-16-6-8-26(37)20(41)2/h3-4,9,12-14,18-21,23,25-26H,5-8,10-11,15-17,37H2,1-2H3,(H,38,44)/b4-3+/t19-,20-,21-,25-,26-/m1/s1. The number of benzene rings is 1. The Hall–Kier alpha value is -4.05. The van der Waals surface area contributed by atoms with Gasteiger partial charge in [-0.3, -0.25) is 9.59 Å². The molecule has 2 saturated carbocycles. The number of allylic oxidation sites excluding steroid dienone is 2.